The van der Waals surface area contributed by atoms with Gasteiger partial charge in [0.15, 0.2) is 5.78 Å². The van der Waals surface area contributed by atoms with Crippen LogP contribution in [0.5, 0.6) is 0 Å². The quantitative estimate of drug-likeness (QED) is 0.525. The molecule has 1 aliphatic carbocycles. The normalized spacial score (nSPS) is 20.0. The predicted octanol–water partition coefficient (Wildman–Crippen LogP) is 5.87. The van der Waals surface area contributed by atoms with E-state index in [1.54, 1.807) is 17.0 Å². The lowest BCUT2D eigenvalue weighted by atomic mass is 9.72. The molecule has 0 bridgehead atoms. The second kappa shape index (κ2) is 9.34. The molecule has 176 valence electrons. The van der Waals surface area contributed by atoms with E-state index < -0.39 is 0 Å². The molecule has 0 spiro atoms. The van der Waals surface area contributed by atoms with Crippen LogP contribution >= 0.6 is 0 Å². The van der Waals surface area contributed by atoms with Crippen LogP contribution in [-0.4, -0.2) is 17.6 Å². The lowest BCUT2D eigenvalue weighted by Crippen LogP contribution is -2.41. The van der Waals surface area contributed by atoms with Crippen LogP contribution in [0.25, 0.3) is 0 Å². The lowest BCUT2D eigenvalue weighted by Gasteiger charge is -2.40. The number of carbonyl (C=O) groups is 3. The first-order chi connectivity index (χ1) is 16.9. The highest BCUT2D eigenvalue weighted by Gasteiger charge is 2.42. The molecule has 1 heterocycles. The Morgan fingerprint density at radius 1 is 0.857 bits per heavy atom. The number of nitrogens with zero attached hydrogens (tertiary/aromatic N) is 1. The van der Waals surface area contributed by atoms with Crippen LogP contribution in [0.1, 0.15) is 54.7 Å². The molecule has 2 unspecified atom stereocenters. The Bertz CT molecular complexity index is 1330. The van der Waals surface area contributed by atoms with Crippen molar-refractivity contribution in [1.29, 1.82) is 0 Å². The summed E-state index contributed by atoms with van der Waals surface area (Å²) in [4.78, 5) is 40.5. The van der Waals surface area contributed by atoms with E-state index >= 15 is 0 Å². The summed E-state index contributed by atoms with van der Waals surface area (Å²) in [5, 5.41) is 2.76. The van der Waals surface area contributed by atoms with Crippen molar-refractivity contribution in [3.05, 3.63) is 107 Å². The van der Waals surface area contributed by atoms with Crippen molar-refractivity contribution in [2.75, 3.05) is 10.2 Å². The van der Waals surface area contributed by atoms with Gasteiger partial charge in [0.25, 0.3) is 0 Å². The Morgan fingerprint density at radius 3 is 2.26 bits per heavy atom. The Balaban J connectivity index is 1.61. The third-order valence-corrected chi connectivity index (χ3v) is 6.89. The maximum atomic E-state index is 13.7. The molecule has 3 aromatic carbocycles. The number of Topliss-reactive ketones (excluding diaryl/α,β-unsaturated/α-hetero) is 1. The van der Waals surface area contributed by atoms with E-state index in [0.29, 0.717) is 24.2 Å². The Labute approximate surface area is 205 Å². The van der Waals surface area contributed by atoms with Gasteiger partial charge in [-0.25, -0.2) is 0 Å². The van der Waals surface area contributed by atoms with Gasteiger partial charge in [0.05, 0.1) is 0 Å². The maximum Gasteiger partial charge on any atom is 0.232 e. The highest BCUT2D eigenvalue weighted by Crippen LogP contribution is 2.47. The van der Waals surface area contributed by atoms with Crippen molar-refractivity contribution in [3.63, 3.8) is 0 Å². The molecular weight excluding hydrogens is 436 g/mol. The molecular formula is C30H28N2O3. The van der Waals surface area contributed by atoms with E-state index in [1.807, 2.05) is 55.5 Å². The Kier molecular flexibility index (Phi) is 6.08. The van der Waals surface area contributed by atoms with E-state index in [4.69, 9.17) is 0 Å². The molecule has 1 aliphatic heterocycles. The average Bonchev–Trinajstić information content (AvgIpc) is 2.84. The third-order valence-electron chi connectivity index (χ3n) is 6.89. The molecule has 0 saturated heterocycles. The standard InChI is InChI=1S/C30H28N2O3/c1-19-7-6-10-22(15-19)26-18-29(35)32(25-13-11-24(12-14-25)31-20(2)33)27-16-23(17-28(34)30(26)27)21-8-4-3-5-9-21/h3-15,23,26H,16-18H2,1-2H3,(H,31,33). The summed E-state index contributed by atoms with van der Waals surface area (Å²) in [6.45, 7) is 3.49. The van der Waals surface area contributed by atoms with Gasteiger partial charge in [-0.15, -0.1) is 0 Å². The molecule has 5 rings (SSSR count). The van der Waals surface area contributed by atoms with Crippen LogP contribution in [-0.2, 0) is 14.4 Å². The summed E-state index contributed by atoms with van der Waals surface area (Å²) in [6.07, 6.45) is 1.30. The molecule has 0 fully saturated rings. The highest BCUT2D eigenvalue weighted by molar-refractivity contribution is 6.08. The number of hydrogen-bond acceptors (Lipinski definition) is 3. The van der Waals surface area contributed by atoms with Gasteiger partial charge < -0.3 is 5.32 Å². The van der Waals surface area contributed by atoms with Crippen LogP contribution in [0.3, 0.4) is 0 Å². The van der Waals surface area contributed by atoms with Gasteiger partial charge in [0.1, 0.15) is 0 Å². The lowest BCUT2D eigenvalue weighted by molar-refractivity contribution is -0.120. The zero-order valence-corrected chi connectivity index (χ0v) is 20.0. The number of anilines is 2. The van der Waals surface area contributed by atoms with Gasteiger partial charge in [-0.05, 0) is 54.7 Å². The van der Waals surface area contributed by atoms with Gasteiger partial charge in [-0.2, -0.15) is 0 Å². The predicted molar refractivity (Wildman–Crippen MR) is 137 cm³/mol. The van der Waals surface area contributed by atoms with Crippen LogP contribution < -0.4 is 10.2 Å². The fraction of sp³-hybridized carbons (Fsp3) is 0.233. The van der Waals surface area contributed by atoms with Gasteiger partial charge in [-0.1, -0.05) is 60.2 Å². The second-order valence-corrected chi connectivity index (χ2v) is 9.43. The summed E-state index contributed by atoms with van der Waals surface area (Å²) < 4.78 is 0. The van der Waals surface area contributed by atoms with Crippen LogP contribution in [0.4, 0.5) is 11.4 Å². The van der Waals surface area contributed by atoms with E-state index in [9.17, 15) is 14.4 Å². The zero-order chi connectivity index (χ0) is 24.5. The smallest absolute Gasteiger partial charge is 0.232 e. The number of ketones is 1. The van der Waals surface area contributed by atoms with Crippen molar-refractivity contribution < 1.29 is 14.4 Å². The van der Waals surface area contributed by atoms with Gasteiger partial charge in [-0.3, -0.25) is 19.3 Å². The summed E-state index contributed by atoms with van der Waals surface area (Å²) in [5.41, 5.74) is 6.16. The number of benzene rings is 3. The molecule has 3 aromatic rings. The molecule has 0 radical (unpaired) electrons. The summed E-state index contributed by atoms with van der Waals surface area (Å²) in [6, 6.07) is 25.4. The highest BCUT2D eigenvalue weighted by atomic mass is 16.2. The van der Waals surface area contributed by atoms with Crippen molar-refractivity contribution in [2.45, 2.75) is 44.9 Å². The van der Waals surface area contributed by atoms with Crippen molar-refractivity contribution in [1.82, 2.24) is 0 Å². The first kappa shape index (κ1) is 22.8. The Morgan fingerprint density at radius 2 is 1.57 bits per heavy atom. The number of nitrogens with one attached hydrogen (secondary N) is 1. The number of allylic oxidation sites excluding steroid dienone is 2. The summed E-state index contributed by atoms with van der Waals surface area (Å²) in [7, 11) is 0. The molecule has 2 atom stereocenters. The molecule has 2 amide bonds. The number of aryl methyl sites for hydroxylation is 1. The number of carbonyl (C=O) groups excluding carboxylic acids is 3. The fourth-order valence-corrected chi connectivity index (χ4v) is 5.37. The fourth-order valence-electron chi connectivity index (χ4n) is 5.37. The largest absolute Gasteiger partial charge is 0.326 e. The zero-order valence-electron chi connectivity index (χ0n) is 20.0. The van der Waals surface area contributed by atoms with Gasteiger partial charge in [0.2, 0.25) is 11.8 Å². The number of amides is 2. The van der Waals surface area contributed by atoms with Gasteiger partial charge >= 0.3 is 0 Å². The molecule has 1 N–H and O–H groups in total. The molecule has 0 saturated carbocycles. The van der Waals surface area contributed by atoms with Crippen molar-refractivity contribution in [2.24, 2.45) is 0 Å². The van der Waals surface area contributed by atoms with Crippen molar-refractivity contribution in [3.8, 4) is 0 Å². The third kappa shape index (κ3) is 4.54. The maximum absolute atomic E-state index is 13.7. The molecule has 5 nitrogen and oxygen atoms in total. The first-order valence-electron chi connectivity index (χ1n) is 12.0. The summed E-state index contributed by atoms with van der Waals surface area (Å²) >= 11 is 0. The molecule has 35 heavy (non-hydrogen) atoms. The molecule has 5 heteroatoms. The average molecular weight is 465 g/mol. The van der Waals surface area contributed by atoms with E-state index in [2.05, 4.69) is 23.5 Å². The van der Waals surface area contributed by atoms with Crippen molar-refractivity contribution >= 4 is 29.0 Å². The minimum atomic E-state index is -0.239. The van der Waals surface area contributed by atoms with Crippen LogP contribution in [0, 0.1) is 6.92 Å². The number of rotatable bonds is 4. The Hall–Kier alpha value is -3.99. The van der Waals surface area contributed by atoms with E-state index in [1.165, 1.54) is 6.92 Å². The monoisotopic (exact) mass is 464 g/mol. The first-order valence-corrected chi connectivity index (χ1v) is 12.0. The summed E-state index contributed by atoms with van der Waals surface area (Å²) in [5.74, 6) is -0.284. The molecule has 2 aliphatic rings. The van der Waals surface area contributed by atoms with E-state index in [-0.39, 0.29) is 35.9 Å². The number of hydrogen-bond donors (Lipinski definition) is 1. The molecule has 0 aromatic heterocycles. The van der Waals surface area contributed by atoms with E-state index in [0.717, 1.165) is 28.0 Å². The minimum Gasteiger partial charge on any atom is -0.326 e. The SMILES string of the molecule is CC(=O)Nc1ccc(N2C(=O)CC(c3cccc(C)c3)C3=C2CC(c2ccccc2)CC3=O)cc1. The van der Waals surface area contributed by atoms with Crippen LogP contribution in [0.2, 0.25) is 0 Å². The minimum absolute atomic E-state index is 0.0210. The topological polar surface area (TPSA) is 66.5 Å². The second-order valence-electron chi connectivity index (χ2n) is 9.43. The van der Waals surface area contributed by atoms with Gasteiger partial charge in [0, 0.05) is 48.3 Å². The van der Waals surface area contributed by atoms with Crippen LogP contribution in [0.15, 0.2) is 90.1 Å².